The lowest BCUT2D eigenvalue weighted by Gasteiger charge is -2.08. The predicted molar refractivity (Wildman–Crippen MR) is 109 cm³/mol. The van der Waals surface area contributed by atoms with E-state index in [9.17, 15) is 10.1 Å². The first kappa shape index (κ1) is 18.9. The highest BCUT2D eigenvalue weighted by atomic mass is 16.5. The molecule has 0 N–H and O–H groups in total. The number of hydrogen-bond acceptors (Lipinski definition) is 4. The van der Waals surface area contributed by atoms with Crippen LogP contribution in [0.15, 0.2) is 78.9 Å². The first-order valence-corrected chi connectivity index (χ1v) is 8.79. The molecule has 0 radical (unpaired) electrons. The fourth-order valence-corrected chi connectivity index (χ4v) is 2.80. The molecule has 0 heterocycles. The summed E-state index contributed by atoms with van der Waals surface area (Å²) in [6.07, 6.45) is 1.94. The summed E-state index contributed by atoms with van der Waals surface area (Å²) in [5.41, 5.74) is 2.82. The molecule has 0 saturated heterocycles. The molecule has 3 rings (SSSR count). The summed E-state index contributed by atoms with van der Waals surface area (Å²) in [5, 5.41) is 9.58. The molecule has 0 unspecified atom stereocenters. The minimum Gasteiger partial charge on any atom is -0.496 e. The van der Waals surface area contributed by atoms with E-state index < -0.39 is 0 Å². The lowest BCUT2D eigenvalue weighted by Crippen LogP contribution is -2.11. The molecule has 0 aromatic heterocycles. The number of nitrogens with zero attached hydrogens (tertiary/aromatic N) is 1. The Hall–Kier alpha value is -3.84. The van der Waals surface area contributed by atoms with Crippen LogP contribution in [0.3, 0.4) is 0 Å². The van der Waals surface area contributed by atoms with Gasteiger partial charge in [0.25, 0.3) is 0 Å². The normalized spacial score (nSPS) is 10.8. The van der Waals surface area contributed by atoms with Gasteiger partial charge in [0.05, 0.1) is 25.2 Å². The van der Waals surface area contributed by atoms with E-state index in [4.69, 9.17) is 9.47 Å². The second-order valence-electron chi connectivity index (χ2n) is 6.08. The maximum absolute atomic E-state index is 12.2. The molecule has 0 atom stereocenters. The third-order valence-electron chi connectivity index (χ3n) is 4.11. The number of methoxy groups -OCH3 is 1. The molecular weight excluding hydrogens is 350 g/mol. The van der Waals surface area contributed by atoms with Crippen molar-refractivity contribution in [3.05, 3.63) is 95.6 Å². The van der Waals surface area contributed by atoms with Gasteiger partial charge in [-0.25, -0.2) is 0 Å². The van der Waals surface area contributed by atoms with E-state index in [0.29, 0.717) is 22.6 Å². The van der Waals surface area contributed by atoms with Gasteiger partial charge in [0, 0.05) is 5.56 Å². The van der Waals surface area contributed by atoms with Crippen molar-refractivity contribution in [3.63, 3.8) is 0 Å². The molecular formula is C24H19NO3. The topological polar surface area (TPSA) is 59.3 Å². The van der Waals surface area contributed by atoms with Crippen molar-refractivity contribution in [2.24, 2.45) is 0 Å². The number of carbonyl (C=O) groups is 1. The van der Waals surface area contributed by atoms with Crippen LogP contribution in [0.4, 0.5) is 0 Å². The number of ether oxygens (including phenoxy) is 2. The number of rotatable bonds is 6. The summed E-state index contributed by atoms with van der Waals surface area (Å²) < 4.78 is 10.8. The van der Waals surface area contributed by atoms with Crippen molar-refractivity contribution in [1.82, 2.24) is 0 Å². The van der Waals surface area contributed by atoms with Gasteiger partial charge in [-0.05, 0) is 41.5 Å². The molecule has 0 amide bonds. The molecule has 0 spiro atoms. The Morgan fingerprint density at radius 2 is 1.75 bits per heavy atom. The fourth-order valence-electron chi connectivity index (χ4n) is 2.80. The van der Waals surface area contributed by atoms with Crippen LogP contribution in [0, 0.1) is 11.3 Å². The highest BCUT2D eigenvalue weighted by molar-refractivity contribution is 5.91. The first-order chi connectivity index (χ1) is 13.7. The summed E-state index contributed by atoms with van der Waals surface area (Å²) >= 11 is 0. The van der Waals surface area contributed by atoms with E-state index in [1.54, 1.807) is 31.4 Å². The molecule has 4 heteroatoms. The van der Waals surface area contributed by atoms with E-state index in [-0.39, 0.29) is 12.4 Å². The van der Waals surface area contributed by atoms with Crippen LogP contribution in [0.5, 0.6) is 11.5 Å². The number of allylic oxidation sites excluding steroid dienone is 1. The van der Waals surface area contributed by atoms with Gasteiger partial charge in [-0.2, -0.15) is 5.26 Å². The summed E-state index contributed by atoms with van der Waals surface area (Å²) in [4.78, 5) is 12.2. The van der Waals surface area contributed by atoms with Crippen molar-refractivity contribution in [1.29, 1.82) is 5.26 Å². The lowest BCUT2D eigenvalue weighted by molar-refractivity contribution is -0.133. The van der Waals surface area contributed by atoms with Gasteiger partial charge in [0.15, 0.2) is 0 Å². The molecule has 28 heavy (non-hydrogen) atoms. The van der Waals surface area contributed by atoms with Gasteiger partial charge >= 0.3 is 5.97 Å². The molecule has 0 bridgehead atoms. The maximum atomic E-state index is 12.2. The second kappa shape index (κ2) is 9.20. The van der Waals surface area contributed by atoms with Crippen LogP contribution in [0.2, 0.25) is 0 Å². The summed E-state index contributed by atoms with van der Waals surface area (Å²) in [6.45, 7) is 0. The van der Waals surface area contributed by atoms with Crippen LogP contribution in [-0.2, 0) is 11.2 Å². The standard InChI is InChI=1S/C24H19NO3/c1-27-23-13-6-5-12-22(23)20(17-25)14-19-10-7-11-21(15-19)28-24(26)16-18-8-3-2-4-9-18/h2-15H,16H2,1H3/b20-14-. The van der Waals surface area contributed by atoms with E-state index in [1.807, 2.05) is 60.7 Å². The Labute approximate surface area is 164 Å². The zero-order valence-corrected chi connectivity index (χ0v) is 15.5. The molecule has 0 fully saturated rings. The molecule has 0 aliphatic rings. The SMILES string of the molecule is COc1ccccc1/C(C#N)=C\c1cccc(OC(=O)Cc2ccccc2)c1. The molecule has 3 aromatic rings. The minimum atomic E-state index is -0.336. The molecule has 0 saturated carbocycles. The number of para-hydroxylation sites is 1. The maximum Gasteiger partial charge on any atom is 0.315 e. The van der Waals surface area contributed by atoms with Gasteiger partial charge in [-0.1, -0.05) is 54.6 Å². The molecule has 3 aromatic carbocycles. The molecule has 4 nitrogen and oxygen atoms in total. The van der Waals surface area contributed by atoms with E-state index in [0.717, 1.165) is 11.1 Å². The van der Waals surface area contributed by atoms with E-state index in [1.165, 1.54) is 0 Å². The van der Waals surface area contributed by atoms with Gasteiger partial charge in [0.1, 0.15) is 11.5 Å². The monoisotopic (exact) mass is 369 g/mol. The van der Waals surface area contributed by atoms with Crippen molar-refractivity contribution < 1.29 is 14.3 Å². The van der Waals surface area contributed by atoms with Gasteiger partial charge < -0.3 is 9.47 Å². The fraction of sp³-hybridized carbons (Fsp3) is 0.0833. The van der Waals surface area contributed by atoms with Crippen LogP contribution in [0.25, 0.3) is 11.6 Å². The lowest BCUT2D eigenvalue weighted by atomic mass is 10.0. The quantitative estimate of drug-likeness (QED) is 0.268. The molecule has 0 aliphatic carbocycles. The Balaban J connectivity index is 1.79. The van der Waals surface area contributed by atoms with Crippen LogP contribution >= 0.6 is 0 Å². The number of nitriles is 1. The number of hydrogen-bond donors (Lipinski definition) is 0. The van der Waals surface area contributed by atoms with Crippen LogP contribution in [0.1, 0.15) is 16.7 Å². The smallest absolute Gasteiger partial charge is 0.315 e. The Morgan fingerprint density at radius 3 is 2.50 bits per heavy atom. The average Bonchev–Trinajstić information content (AvgIpc) is 2.73. The van der Waals surface area contributed by atoms with Crippen molar-refractivity contribution in [2.75, 3.05) is 7.11 Å². The average molecular weight is 369 g/mol. The first-order valence-electron chi connectivity index (χ1n) is 8.79. The van der Waals surface area contributed by atoms with Crippen molar-refractivity contribution >= 4 is 17.6 Å². The number of esters is 1. The van der Waals surface area contributed by atoms with Crippen molar-refractivity contribution in [3.8, 4) is 17.6 Å². The predicted octanol–water partition coefficient (Wildman–Crippen LogP) is 4.91. The Bertz CT molecular complexity index is 1030. The van der Waals surface area contributed by atoms with Gasteiger partial charge in [0.2, 0.25) is 0 Å². The summed E-state index contributed by atoms with van der Waals surface area (Å²) in [5.74, 6) is 0.727. The molecule has 138 valence electrons. The van der Waals surface area contributed by atoms with Crippen LogP contribution in [-0.4, -0.2) is 13.1 Å². The summed E-state index contributed by atoms with van der Waals surface area (Å²) in [7, 11) is 1.57. The Kier molecular flexibility index (Phi) is 6.22. The van der Waals surface area contributed by atoms with Crippen molar-refractivity contribution in [2.45, 2.75) is 6.42 Å². The zero-order chi connectivity index (χ0) is 19.8. The summed E-state index contributed by atoms with van der Waals surface area (Å²) in [6, 6.07) is 26.1. The van der Waals surface area contributed by atoms with E-state index >= 15 is 0 Å². The highest BCUT2D eigenvalue weighted by Gasteiger charge is 2.09. The largest absolute Gasteiger partial charge is 0.496 e. The third kappa shape index (κ3) is 4.87. The van der Waals surface area contributed by atoms with Crippen LogP contribution < -0.4 is 9.47 Å². The third-order valence-corrected chi connectivity index (χ3v) is 4.11. The van der Waals surface area contributed by atoms with Gasteiger partial charge in [-0.15, -0.1) is 0 Å². The second-order valence-corrected chi connectivity index (χ2v) is 6.08. The minimum absolute atomic E-state index is 0.200. The van der Waals surface area contributed by atoms with E-state index in [2.05, 4.69) is 6.07 Å². The molecule has 0 aliphatic heterocycles. The number of carbonyl (C=O) groups excluding carboxylic acids is 1. The number of benzene rings is 3. The van der Waals surface area contributed by atoms with Gasteiger partial charge in [-0.3, -0.25) is 4.79 Å². The zero-order valence-electron chi connectivity index (χ0n) is 15.5. The highest BCUT2D eigenvalue weighted by Crippen LogP contribution is 2.27. The Morgan fingerprint density at radius 1 is 1.00 bits per heavy atom.